The van der Waals surface area contributed by atoms with E-state index in [0.29, 0.717) is 22.9 Å². The Kier molecular flexibility index (Phi) is 5.21. The Labute approximate surface area is 128 Å². The second kappa shape index (κ2) is 7.12. The summed E-state index contributed by atoms with van der Waals surface area (Å²) >= 11 is 5.94. The second-order valence-electron chi connectivity index (χ2n) is 4.52. The van der Waals surface area contributed by atoms with Crippen molar-refractivity contribution in [2.75, 3.05) is 6.54 Å². The normalized spacial score (nSPS) is 9.90. The fourth-order valence-electron chi connectivity index (χ4n) is 1.79. The summed E-state index contributed by atoms with van der Waals surface area (Å²) < 4.78 is 19.3. The number of ether oxygens (including phenoxy) is 1. The first-order chi connectivity index (χ1) is 10.1. The average Bonchev–Trinajstić information content (AvgIpc) is 2.48. The summed E-state index contributed by atoms with van der Waals surface area (Å²) in [6.45, 7) is 2.45. The molecule has 0 unspecified atom stereocenters. The van der Waals surface area contributed by atoms with Gasteiger partial charge >= 0.3 is 0 Å². The Balaban J connectivity index is 2.15. The first-order valence-electron chi connectivity index (χ1n) is 6.46. The van der Waals surface area contributed by atoms with Gasteiger partial charge < -0.3 is 10.5 Å². The molecule has 4 heteroatoms. The Morgan fingerprint density at radius 3 is 2.81 bits per heavy atom. The maximum atomic E-state index is 13.6. The molecule has 0 aromatic heterocycles. The van der Waals surface area contributed by atoms with Crippen LogP contribution in [0.5, 0.6) is 5.75 Å². The van der Waals surface area contributed by atoms with Crippen LogP contribution >= 0.6 is 11.6 Å². The van der Waals surface area contributed by atoms with Gasteiger partial charge in [0.05, 0.1) is 12.1 Å². The average molecular weight is 304 g/mol. The van der Waals surface area contributed by atoms with Crippen LogP contribution < -0.4 is 10.5 Å². The van der Waals surface area contributed by atoms with Crippen LogP contribution in [-0.4, -0.2) is 6.54 Å². The highest BCUT2D eigenvalue weighted by molar-refractivity contribution is 6.30. The molecule has 2 nitrogen and oxygen atoms in total. The van der Waals surface area contributed by atoms with Crippen LogP contribution in [0, 0.1) is 24.6 Å². The molecular formula is C17H15ClFNO. The van der Waals surface area contributed by atoms with E-state index < -0.39 is 0 Å². The van der Waals surface area contributed by atoms with Crippen LogP contribution in [0.3, 0.4) is 0 Å². The Hall–Kier alpha value is -2.02. The summed E-state index contributed by atoms with van der Waals surface area (Å²) in [5.74, 6) is 5.69. The van der Waals surface area contributed by atoms with Gasteiger partial charge in [0.2, 0.25) is 0 Å². The van der Waals surface area contributed by atoms with Gasteiger partial charge in [-0.05, 0) is 42.3 Å². The molecule has 0 aliphatic heterocycles. The Morgan fingerprint density at radius 2 is 2.05 bits per heavy atom. The van der Waals surface area contributed by atoms with E-state index in [1.165, 1.54) is 6.07 Å². The van der Waals surface area contributed by atoms with Crippen molar-refractivity contribution < 1.29 is 9.13 Å². The number of hydrogen-bond donors (Lipinski definition) is 1. The van der Waals surface area contributed by atoms with E-state index in [0.717, 1.165) is 11.1 Å². The topological polar surface area (TPSA) is 35.2 Å². The van der Waals surface area contributed by atoms with Crippen LogP contribution in [-0.2, 0) is 6.61 Å². The van der Waals surface area contributed by atoms with Crippen molar-refractivity contribution in [3.8, 4) is 17.6 Å². The number of aryl methyl sites for hydroxylation is 1. The number of benzene rings is 2. The zero-order valence-corrected chi connectivity index (χ0v) is 12.4. The summed E-state index contributed by atoms with van der Waals surface area (Å²) in [6, 6.07) is 10.2. The minimum absolute atomic E-state index is 0.196. The maximum absolute atomic E-state index is 13.6. The van der Waals surface area contributed by atoms with E-state index in [2.05, 4.69) is 11.8 Å². The predicted octanol–water partition coefficient (Wildman–Crippen LogP) is 3.68. The molecule has 2 rings (SSSR count). The monoisotopic (exact) mass is 303 g/mol. The van der Waals surface area contributed by atoms with Gasteiger partial charge in [0, 0.05) is 5.02 Å². The first-order valence-corrected chi connectivity index (χ1v) is 6.84. The van der Waals surface area contributed by atoms with E-state index in [-0.39, 0.29) is 12.4 Å². The SMILES string of the molecule is Cc1ccc(Cl)cc1OCc1ccc(F)c(C#CCN)c1. The summed E-state index contributed by atoms with van der Waals surface area (Å²) in [7, 11) is 0. The van der Waals surface area contributed by atoms with E-state index in [1.807, 2.05) is 19.1 Å². The molecule has 108 valence electrons. The van der Waals surface area contributed by atoms with Gasteiger partial charge in [0.15, 0.2) is 0 Å². The molecule has 0 saturated carbocycles. The molecular weight excluding hydrogens is 289 g/mol. The van der Waals surface area contributed by atoms with Gasteiger partial charge in [-0.2, -0.15) is 0 Å². The highest BCUT2D eigenvalue weighted by atomic mass is 35.5. The molecule has 0 bridgehead atoms. The molecule has 2 aromatic carbocycles. The van der Waals surface area contributed by atoms with E-state index >= 15 is 0 Å². The lowest BCUT2D eigenvalue weighted by Gasteiger charge is -2.10. The maximum Gasteiger partial charge on any atom is 0.138 e. The van der Waals surface area contributed by atoms with Crippen LogP contribution in [0.4, 0.5) is 4.39 Å². The van der Waals surface area contributed by atoms with Crippen molar-refractivity contribution in [3.63, 3.8) is 0 Å². The van der Waals surface area contributed by atoms with Gasteiger partial charge in [-0.25, -0.2) is 4.39 Å². The molecule has 0 heterocycles. The fraction of sp³-hybridized carbons (Fsp3) is 0.176. The highest BCUT2D eigenvalue weighted by Gasteiger charge is 2.04. The number of hydrogen-bond acceptors (Lipinski definition) is 2. The molecule has 2 aromatic rings. The quantitative estimate of drug-likeness (QED) is 0.878. The zero-order valence-electron chi connectivity index (χ0n) is 11.6. The lowest BCUT2D eigenvalue weighted by atomic mass is 10.1. The van der Waals surface area contributed by atoms with Crippen molar-refractivity contribution in [1.82, 2.24) is 0 Å². The van der Waals surface area contributed by atoms with Crippen molar-refractivity contribution in [2.24, 2.45) is 5.73 Å². The third-order valence-electron chi connectivity index (χ3n) is 2.90. The third kappa shape index (κ3) is 4.22. The molecule has 0 saturated heterocycles. The summed E-state index contributed by atoms with van der Waals surface area (Å²) in [4.78, 5) is 0. The third-order valence-corrected chi connectivity index (χ3v) is 3.14. The van der Waals surface area contributed by atoms with Gasteiger partial charge in [0.25, 0.3) is 0 Å². The summed E-state index contributed by atoms with van der Waals surface area (Å²) in [6.07, 6.45) is 0. The van der Waals surface area contributed by atoms with Gasteiger partial charge in [-0.1, -0.05) is 35.6 Å². The zero-order chi connectivity index (χ0) is 15.2. The van der Waals surface area contributed by atoms with Crippen LogP contribution in [0.15, 0.2) is 36.4 Å². The first kappa shape index (κ1) is 15.4. The van der Waals surface area contributed by atoms with Crippen LogP contribution in [0.2, 0.25) is 5.02 Å². The molecule has 0 fully saturated rings. The Bertz CT molecular complexity index is 704. The van der Waals surface area contributed by atoms with Crippen LogP contribution in [0.1, 0.15) is 16.7 Å². The minimum atomic E-state index is -0.362. The molecule has 0 aliphatic rings. The van der Waals surface area contributed by atoms with E-state index in [1.54, 1.807) is 18.2 Å². The fourth-order valence-corrected chi connectivity index (χ4v) is 1.96. The standard InChI is InChI=1S/C17H15ClFNO/c1-12-4-6-15(18)10-17(12)21-11-13-5-7-16(19)14(9-13)3-2-8-20/h4-7,9-10H,8,11,20H2,1H3. The lowest BCUT2D eigenvalue weighted by molar-refractivity contribution is 0.304. The van der Waals surface area contributed by atoms with Crippen molar-refractivity contribution in [3.05, 3.63) is 63.9 Å². The molecule has 0 amide bonds. The van der Waals surface area contributed by atoms with Crippen molar-refractivity contribution in [1.29, 1.82) is 0 Å². The van der Waals surface area contributed by atoms with Crippen molar-refractivity contribution >= 4 is 11.6 Å². The predicted molar refractivity (Wildman–Crippen MR) is 82.9 cm³/mol. The smallest absolute Gasteiger partial charge is 0.138 e. The number of halogens is 2. The minimum Gasteiger partial charge on any atom is -0.489 e. The summed E-state index contributed by atoms with van der Waals surface area (Å²) in [5, 5.41) is 0.615. The second-order valence-corrected chi connectivity index (χ2v) is 4.96. The molecule has 21 heavy (non-hydrogen) atoms. The number of rotatable bonds is 3. The van der Waals surface area contributed by atoms with Gasteiger partial charge in [-0.3, -0.25) is 0 Å². The largest absolute Gasteiger partial charge is 0.489 e. The van der Waals surface area contributed by atoms with Crippen molar-refractivity contribution in [2.45, 2.75) is 13.5 Å². The van der Waals surface area contributed by atoms with Gasteiger partial charge in [-0.15, -0.1) is 0 Å². The van der Waals surface area contributed by atoms with E-state index in [9.17, 15) is 4.39 Å². The van der Waals surface area contributed by atoms with Crippen LogP contribution in [0.25, 0.3) is 0 Å². The Morgan fingerprint density at radius 1 is 1.24 bits per heavy atom. The lowest BCUT2D eigenvalue weighted by Crippen LogP contribution is -1.99. The molecule has 0 aliphatic carbocycles. The summed E-state index contributed by atoms with van der Waals surface area (Å²) in [5.41, 5.74) is 7.44. The molecule has 0 spiro atoms. The highest BCUT2D eigenvalue weighted by Crippen LogP contribution is 2.23. The molecule has 0 atom stereocenters. The molecule has 2 N–H and O–H groups in total. The molecule has 0 radical (unpaired) electrons. The van der Waals surface area contributed by atoms with Gasteiger partial charge in [0.1, 0.15) is 18.2 Å². The number of nitrogens with two attached hydrogens (primary N) is 1. The van der Waals surface area contributed by atoms with E-state index in [4.69, 9.17) is 22.1 Å².